The Morgan fingerprint density at radius 1 is 1.35 bits per heavy atom. The normalized spacial score (nSPS) is 10.2. The van der Waals surface area contributed by atoms with E-state index in [1.807, 2.05) is 6.92 Å². The molecule has 1 aromatic carbocycles. The number of aliphatic carboxylic acids is 1. The number of H-pyrrole nitrogens is 1. The number of aromatic nitrogens is 2. The molecular formula is C14H14N2O4. The van der Waals surface area contributed by atoms with Crippen molar-refractivity contribution in [3.63, 3.8) is 0 Å². The molecule has 0 spiro atoms. The number of hydrogen-bond acceptors (Lipinski definition) is 4. The van der Waals surface area contributed by atoms with Crippen molar-refractivity contribution in [1.82, 2.24) is 10.2 Å². The van der Waals surface area contributed by atoms with Crippen molar-refractivity contribution in [3.8, 4) is 17.0 Å². The quantitative estimate of drug-likeness (QED) is 0.861. The second-order valence-electron chi connectivity index (χ2n) is 4.14. The van der Waals surface area contributed by atoms with Crippen LogP contribution in [0.5, 0.6) is 5.75 Å². The summed E-state index contributed by atoms with van der Waals surface area (Å²) >= 11 is 0. The highest BCUT2D eigenvalue weighted by Crippen LogP contribution is 2.20. The van der Waals surface area contributed by atoms with Crippen LogP contribution in [0.25, 0.3) is 11.3 Å². The number of ether oxygens (including phenoxy) is 1. The van der Waals surface area contributed by atoms with Gasteiger partial charge in [0.1, 0.15) is 5.75 Å². The lowest BCUT2D eigenvalue weighted by Crippen LogP contribution is -2.17. The summed E-state index contributed by atoms with van der Waals surface area (Å²) in [6.45, 7) is 2.48. The van der Waals surface area contributed by atoms with Crippen LogP contribution in [0, 0.1) is 0 Å². The number of nitrogens with one attached hydrogen (secondary N) is 1. The molecular weight excluding hydrogens is 260 g/mol. The van der Waals surface area contributed by atoms with Gasteiger partial charge in [-0.3, -0.25) is 9.59 Å². The smallest absolute Gasteiger partial charge is 0.308 e. The molecule has 0 unspecified atom stereocenters. The second-order valence-corrected chi connectivity index (χ2v) is 4.14. The zero-order chi connectivity index (χ0) is 14.5. The van der Waals surface area contributed by atoms with E-state index in [0.29, 0.717) is 12.3 Å². The topological polar surface area (TPSA) is 92.3 Å². The fraction of sp³-hybridized carbons (Fsp3) is 0.214. The van der Waals surface area contributed by atoms with E-state index in [-0.39, 0.29) is 12.0 Å². The van der Waals surface area contributed by atoms with Crippen molar-refractivity contribution in [2.24, 2.45) is 0 Å². The van der Waals surface area contributed by atoms with Gasteiger partial charge in [-0.15, -0.1) is 0 Å². The monoisotopic (exact) mass is 274 g/mol. The lowest BCUT2D eigenvalue weighted by molar-refractivity contribution is -0.136. The largest absolute Gasteiger partial charge is 0.494 e. The minimum Gasteiger partial charge on any atom is -0.494 e. The van der Waals surface area contributed by atoms with E-state index in [0.717, 1.165) is 11.3 Å². The van der Waals surface area contributed by atoms with E-state index >= 15 is 0 Å². The predicted molar refractivity (Wildman–Crippen MR) is 72.8 cm³/mol. The molecule has 6 heteroatoms. The van der Waals surface area contributed by atoms with Crippen LogP contribution < -0.4 is 10.3 Å². The number of carbonyl (C=O) groups is 1. The van der Waals surface area contributed by atoms with Crippen LogP contribution in [0.4, 0.5) is 0 Å². The lowest BCUT2D eigenvalue weighted by atomic mass is 10.1. The number of rotatable bonds is 5. The van der Waals surface area contributed by atoms with Gasteiger partial charge in [0, 0.05) is 11.1 Å². The number of nitrogens with zero attached hydrogens (tertiary/aromatic N) is 1. The van der Waals surface area contributed by atoms with E-state index < -0.39 is 11.5 Å². The second kappa shape index (κ2) is 6.01. The number of aromatic amines is 1. The first-order chi connectivity index (χ1) is 9.60. The number of hydrogen-bond donors (Lipinski definition) is 2. The molecule has 0 saturated carbocycles. The molecule has 0 aliphatic heterocycles. The minimum absolute atomic E-state index is 0.177. The molecule has 1 heterocycles. The van der Waals surface area contributed by atoms with Gasteiger partial charge in [-0.05, 0) is 37.3 Å². The maximum Gasteiger partial charge on any atom is 0.308 e. The Hall–Kier alpha value is -2.63. The van der Waals surface area contributed by atoms with E-state index in [1.54, 1.807) is 24.3 Å². The van der Waals surface area contributed by atoms with Gasteiger partial charge < -0.3 is 9.84 Å². The summed E-state index contributed by atoms with van der Waals surface area (Å²) in [5, 5.41) is 15.0. The van der Waals surface area contributed by atoms with Crippen molar-refractivity contribution in [3.05, 3.63) is 46.2 Å². The average molecular weight is 274 g/mol. The van der Waals surface area contributed by atoms with E-state index in [1.165, 1.54) is 6.07 Å². The van der Waals surface area contributed by atoms with Crippen LogP contribution in [0.3, 0.4) is 0 Å². The highest BCUT2D eigenvalue weighted by atomic mass is 16.5. The minimum atomic E-state index is -1.06. The fourth-order valence-corrected chi connectivity index (χ4v) is 1.78. The van der Waals surface area contributed by atoms with Gasteiger partial charge in [0.05, 0.1) is 18.7 Å². The van der Waals surface area contributed by atoms with Gasteiger partial charge in [0.25, 0.3) is 5.56 Å². The third-order valence-corrected chi connectivity index (χ3v) is 2.68. The number of benzene rings is 1. The van der Waals surface area contributed by atoms with Crippen LogP contribution in [0.1, 0.15) is 12.5 Å². The third kappa shape index (κ3) is 3.23. The standard InChI is InChI=1S/C14H14N2O4/c1-2-20-11-5-3-9(4-6-11)12-7-10(8-13(17)18)14(19)16-15-12/h3-7H,2,8H2,1H3,(H,16,19)(H,17,18). The van der Waals surface area contributed by atoms with Crippen molar-refractivity contribution in [2.75, 3.05) is 6.61 Å². The molecule has 2 aromatic rings. The number of carboxylic acid groups (broad SMARTS) is 1. The average Bonchev–Trinajstić information content (AvgIpc) is 2.42. The molecule has 0 fully saturated rings. The van der Waals surface area contributed by atoms with Crippen LogP contribution in [-0.2, 0) is 11.2 Å². The summed E-state index contributed by atoms with van der Waals surface area (Å²) in [6, 6.07) is 8.68. The van der Waals surface area contributed by atoms with Crippen molar-refractivity contribution < 1.29 is 14.6 Å². The maximum atomic E-state index is 11.5. The Morgan fingerprint density at radius 3 is 2.65 bits per heavy atom. The molecule has 2 rings (SSSR count). The maximum absolute atomic E-state index is 11.5. The molecule has 0 radical (unpaired) electrons. The zero-order valence-corrected chi connectivity index (χ0v) is 10.9. The Morgan fingerprint density at radius 2 is 2.05 bits per heavy atom. The van der Waals surface area contributed by atoms with Crippen molar-refractivity contribution in [1.29, 1.82) is 0 Å². The molecule has 104 valence electrons. The molecule has 0 saturated heterocycles. The van der Waals surface area contributed by atoms with Gasteiger partial charge in [-0.25, -0.2) is 5.10 Å². The molecule has 0 amide bonds. The molecule has 2 N–H and O–H groups in total. The van der Waals surface area contributed by atoms with E-state index in [9.17, 15) is 9.59 Å². The summed E-state index contributed by atoms with van der Waals surface area (Å²) in [5.74, 6) is -0.314. The van der Waals surface area contributed by atoms with Gasteiger partial charge in [0.2, 0.25) is 0 Å². The summed E-state index contributed by atoms with van der Waals surface area (Å²) < 4.78 is 5.34. The van der Waals surface area contributed by atoms with E-state index in [2.05, 4.69) is 10.2 Å². The Balaban J connectivity index is 2.32. The van der Waals surface area contributed by atoms with Gasteiger partial charge in [-0.1, -0.05) is 0 Å². The number of carboxylic acids is 1. The van der Waals surface area contributed by atoms with Gasteiger partial charge in [-0.2, -0.15) is 5.10 Å². The van der Waals surface area contributed by atoms with Crippen LogP contribution in [-0.4, -0.2) is 27.9 Å². The lowest BCUT2D eigenvalue weighted by Gasteiger charge is -2.05. The first kappa shape index (κ1) is 13.8. The molecule has 0 aliphatic rings. The molecule has 6 nitrogen and oxygen atoms in total. The highest BCUT2D eigenvalue weighted by Gasteiger charge is 2.09. The summed E-state index contributed by atoms with van der Waals surface area (Å²) in [6.07, 6.45) is -0.331. The Labute approximate surface area is 115 Å². The fourth-order valence-electron chi connectivity index (χ4n) is 1.78. The summed E-state index contributed by atoms with van der Waals surface area (Å²) in [7, 11) is 0. The van der Waals surface area contributed by atoms with Crippen LogP contribution in [0.15, 0.2) is 35.1 Å². The SMILES string of the molecule is CCOc1ccc(-c2cc(CC(=O)O)c(=O)[nH]n2)cc1. The van der Waals surface area contributed by atoms with Gasteiger partial charge in [0.15, 0.2) is 0 Å². The van der Waals surface area contributed by atoms with Crippen LogP contribution in [0.2, 0.25) is 0 Å². The summed E-state index contributed by atoms with van der Waals surface area (Å²) in [5.41, 5.74) is 0.985. The van der Waals surface area contributed by atoms with Gasteiger partial charge >= 0.3 is 5.97 Å². The van der Waals surface area contributed by atoms with Crippen molar-refractivity contribution >= 4 is 5.97 Å². The molecule has 0 aliphatic carbocycles. The van der Waals surface area contributed by atoms with Crippen LogP contribution >= 0.6 is 0 Å². The first-order valence-electron chi connectivity index (χ1n) is 6.13. The summed E-state index contributed by atoms with van der Waals surface area (Å²) in [4.78, 5) is 22.2. The molecule has 20 heavy (non-hydrogen) atoms. The molecule has 1 aromatic heterocycles. The van der Waals surface area contributed by atoms with E-state index in [4.69, 9.17) is 9.84 Å². The Bertz CT molecular complexity index is 662. The first-order valence-corrected chi connectivity index (χ1v) is 6.13. The third-order valence-electron chi connectivity index (χ3n) is 2.68. The highest BCUT2D eigenvalue weighted by molar-refractivity contribution is 5.71. The molecule has 0 atom stereocenters. The molecule has 0 bridgehead atoms. The Kier molecular flexibility index (Phi) is 4.14. The van der Waals surface area contributed by atoms with Crippen molar-refractivity contribution in [2.45, 2.75) is 13.3 Å². The predicted octanol–water partition coefficient (Wildman–Crippen LogP) is 1.46. The zero-order valence-electron chi connectivity index (χ0n) is 10.9.